The molecular formula is C10H16N2O3S. The molecule has 0 spiro atoms. The van der Waals surface area contributed by atoms with Crippen molar-refractivity contribution in [3.8, 4) is 0 Å². The van der Waals surface area contributed by atoms with Gasteiger partial charge in [-0.05, 0) is 11.5 Å². The average Bonchev–Trinajstić information content (AvgIpc) is 2.67. The maximum absolute atomic E-state index is 10.5. The molecule has 6 heteroatoms. The van der Waals surface area contributed by atoms with Crippen LogP contribution in [0.25, 0.3) is 0 Å². The number of hydrogen-bond acceptors (Lipinski definition) is 5. The summed E-state index contributed by atoms with van der Waals surface area (Å²) in [6.45, 7) is 4.32. The first-order valence-corrected chi connectivity index (χ1v) is 5.93. The maximum atomic E-state index is 10.5. The Morgan fingerprint density at radius 2 is 2.44 bits per heavy atom. The second-order valence-electron chi connectivity index (χ2n) is 3.74. The first-order valence-electron chi connectivity index (χ1n) is 5.05. The van der Waals surface area contributed by atoms with Crippen LogP contribution in [0.15, 0.2) is 11.4 Å². The minimum atomic E-state index is -0.359. The second kappa shape index (κ2) is 6.57. The van der Waals surface area contributed by atoms with E-state index in [9.17, 15) is 10.1 Å². The van der Waals surface area contributed by atoms with E-state index in [1.807, 2.05) is 5.38 Å². The normalized spacial score (nSPS) is 12.6. The third-order valence-electron chi connectivity index (χ3n) is 2.09. The first kappa shape index (κ1) is 13.1. The molecule has 1 rings (SSSR count). The Morgan fingerprint density at radius 1 is 1.69 bits per heavy atom. The van der Waals surface area contributed by atoms with Gasteiger partial charge < -0.3 is 10.1 Å². The lowest BCUT2D eigenvalue weighted by Gasteiger charge is -2.10. The molecular weight excluding hydrogens is 228 g/mol. The topological polar surface area (TPSA) is 64.4 Å². The maximum Gasteiger partial charge on any atom is 0.324 e. The molecule has 0 saturated heterocycles. The monoisotopic (exact) mass is 244 g/mol. The van der Waals surface area contributed by atoms with Gasteiger partial charge in [0.1, 0.15) is 0 Å². The highest BCUT2D eigenvalue weighted by Crippen LogP contribution is 2.22. The number of thiophene rings is 1. The second-order valence-corrected chi connectivity index (χ2v) is 4.63. The Labute approximate surface area is 98.6 Å². The molecule has 0 aliphatic rings. The molecule has 16 heavy (non-hydrogen) atoms. The average molecular weight is 244 g/mol. The van der Waals surface area contributed by atoms with Crippen LogP contribution in [0.3, 0.4) is 0 Å². The van der Waals surface area contributed by atoms with Gasteiger partial charge in [-0.15, -0.1) is 0 Å². The summed E-state index contributed by atoms with van der Waals surface area (Å²) in [7, 11) is 1.68. The molecule has 1 atom stereocenters. The Bertz CT molecular complexity index is 341. The molecule has 1 heterocycles. The minimum absolute atomic E-state index is 0.196. The van der Waals surface area contributed by atoms with E-state index in [-0.39, 0.29) is 9.92 Å². The lowest BCUT2D eigenvalue weighted by atomic mass is 10.2. The summed E-state index contributed by atoms with van der Waals surface area (Å²) in [5.74, 6) is 0.443. The number of nitrogens with zero attached hydrogens (tertiary/aromatic N) is 1. The molecule has 0 fully saturated rings. The van der Waals surface area contributed by atoms with Gasteiger partial charge in [0.05, 0.1) is 4.92 Å². The Kier molecular flexibility index (Phi) is 5.37. The van der Waals surface area contributed by atoms with Gasteiger partial charge >= 0.3 is 5.00 Å². The van der Waals surface area contributed by atoms with E-state index >= 15 is 0 Å². The van der Waals surface area contributed by atoms with Crippen LogP contribution in [0, 0.1) is 16.0 Å². The molecule has 0 bridgehead atoms. The van der Waals surface area contributed by atoms with Crippen LogP contribution in [-0.2, 0) is 11.3 Å². The minimum Gasteiger partial charge on any atom is -0.384 e. The van der Waals surface area contributed by atoms with Crippen molar-refractivity contribution < 1.29 is 9.66 Å². The number of rotatable bonds is 7. The Balaban J connectivity index is 2.29. The van der Waals surface area contributed by atoms with Gasteiger partial charge in [0, 0.05) is 38.3 Å². The van der Waals surface area contributed by atoms with Crippen LogP contribution >= 0.6 is 11.3 Å². The largest absolute Gasteiger partial charge is 0.384 e. The van der Waals surface area contributed by atoms with Gasteiger partial charge in [-0.3, -0.25) is 10.1 Å². The van der Waals surface area contributed by atoms with Crippen LogP contribution in [0.1, 0.15) is 12.5 Å². The summed E-state index contributed by atoms with van der Waals surface area (Å²) >= 11 is 1.16. The van der Waals surface area contributed by atoms with Crippen molar-refractivity contribution in [2.24, 2.45) is 5.92 Å². The van der Waals surface area contributed by atoms with Gasteiger partial charge in [-0.1, -0.05) is 18.3 Å². The van der Waals surface area contributed by atoms with Crippen LogP contribution in [0.5, 0.6) is 0 Å². The number of nitrogens with one attached hydrogen (secondary N) is 1. The van der Waals surface area contributed by atoms with Crippen molar-refractivity contribution in [3.05, 3.63) is 27.1 Å². The molecule has 0 saturated carbocycles. The highest BCUT2D eigenvalue weighted by Gasteiger charge is 2.09. The molecule has 0 aliphatic carbocycles. The predicted octanol–water partition coefficient (Wildman–Crippen LogP) is 2.03. The Hall–Kier alpha value is -0.980. The lowest BCUT2D eigenvalue weighted by Crippen LogP contribution is -2.23. The van der Waals surface area contributed by atoms with E-state index in [1.54, 1.807) is 13.2 Å². The van der Waals surface area contributed by atoms with Gasteiger partial charge in [0.2, 0.25) is 0 Å². The molecule has 1 aromatic heterocycles. The van der Waals surface area contributed by atoms with Crippen molar-refractivity contribution in [1.82, 2.24) is 5.32 Å². The van der Waals surface area contributed by atoms with E-state index < -0.39 is 0 Å². The molecule has 5 nitrogen and oxygen atoms in total. The first-order chi connectivity index (χ1) is 7.63. The molecule has 0 amide bonds. The van der Waals surface area contributed by atoms with Gasteiger partial charge in [0.25, 0.3) is 0 Å². The molecule has 1 aromatic rings. The van der Waals surface area contributed by atoms with E-state index in [0.29, 0.717) is 12.5 Å². The third kappa shape index (κ3) is 4.26. The summed E-state index contributed by atoms with van der Waals surface area (Å²) in [4.78, 5) is 10.1. The zero-order valence-corrected chi connectivity index (χ0v) is 10.3. The van der Waals surface area contributed by atoms with Crippen molar-refractivity contribution in [3.63, 3.8) is 0 Å². The zero-order valence-electron chi connectivity index (χ0n) is 9.43. The predicted molar refractivity (Wildman–Crippen MR) is 63.7 cm³/mol. The van der Waals surface area contributed by atoms with E-state index in [0.717, 1.165) is 30.1 Å². The zero-order chi connectivity index (χ0) is 12.0. The van der Waals surface area contributed by atoms with Crippen LogP contribution in [0.2, 0.25) is 0 Å². The van der Waals surface area contributed by atoms with Crippen molar-refractivity contribution in [2.45, 2.75) is 13.5 Å². The number of hydrogen-bond donors (Lipinski definition) is 1. The van der Waals surface area contributed by atoms with Crippen LogP contribution in [0.4, 0.5) is 5.00 Å². The molecule has 1 N–H and O–H groups in total. The van der Waals surface area contributed by atoms with Crippen molar-refractivity contribution >= 4 is 16.3 Å². The SMILES string of the molecule is COCC(C)CNCc1csc([N+](=O)[O-])c1. The molecule has 1 unspecified atom stereocenters. The highest BCUT2D eigenvalue weighted by atomic mass is 32.1. The van der Waals surface area contributed by atoms with Gasteiger partial charge in [-0.25, -0.2) is 0 Å². The van der Waals surface area contributed by atoms with Gasteiger partial charge in [0.15, 0.2) is 0 Å². The van der Waals surface area contributed by atoms with Crippen LogP contribution < -0.4 is 5.32 Å². The smallest absolute Gasteiger partial charge is 0.324 e. The Morgan fingerprint density at radius 3 is 3.00 bits per heavy atom. The number of methoxy groups -OCH3 is 1. The molecule has 0 radical (unpaired) electrons. The molecule has 0 aromatic carbocycles. The summed E-state index contributed by atoms with van der Waals surface area (Å²) in [6.07, 6.45) is 0. The van der Waals surface area contributed by atoms with Crippen molar-refractivity contribution in [1.29, 1.82) is 0 Å². The fraction of sp³-hybridized carbons (Fsp3) is 0.600. The highest BCUT2D eigenvalue weighted by molar-refractivity contribution is 7.13. The summed E-state index contributed by atoms with van der Waals surface area (Å²) < 4.78 is 5.01. The summed E-state index contributed by atoms with van der Waals surface area (Å²) in [5.41, 5.74) is 0.960. The van der Waals surface area contributed by atoms with E-state index in [4.69, 9.17) is 4.74 Å². The number of nitro groups is 1. The van der Waals surface area contributed by atoms with Crippen LogP contribution in [-0.4, -0.2) is 25.2 Å². The summed E-state index contributed by atoms with van der Waals surface area (Å²) in [5, 5.41) is 15.7. The van der Waals surface area contributed by atoms with E-state index in [2.05, 4.69) is 12.2 Å². The molecule has 0 aliphatic heterocycles. The number of ether oxygens (including phenoxy) is 1. The fourth-order valence-corrected chi connectivity index (χ4v) is 2.09. The van der Waals surface area contributed by atoms with E-state index in [1.165, 1.54) is 0 Å². The third-order valence-corrected chi connectivity index (χ3v) is 3.02. The lowest BCUT2D eigenvalue weighted by molar-refractivity contribution is -0.380. The molecule has 90 valence electrons. The quantitative estimate of drug-likeness (QED) is 0.588. The fourth-order valence-electron chi connectivity index (χ4n) is 1.36. The van der Waals surface area contributed by atoms with Crippen molar-refractivity contribution in [2.75, 3.05) is 20.3 Å². The summed E-state index contributed by atoms with van der Waals surface area (Å²) in [6, 6.07) is 1.61. The van der Waals surface area contributed by atoms with Gasteiger partial charge in [-0.2, -0.15) is 0 Å². The standard InChI is InChI=1S/C10H16N2O3S/c1-8(6-15-2)4-11-5-9-3-10(12(13)14)16-7-9/h3,7-8,11H,4-6H2,1-2H3.